The monoisotopic (exact) mass is 405 g/mol. The number of rotatable bonds is 3. The fraction of sp³-hybridized carbons (Fsp3) is 0. The summed E-state index contributed by atoms with van der Waals surface area (Å²) in [4.78, 5) is 11.5. The quantitative estimate of drug-likeness (QED) is 0.630. The third-order valence-electron chi connectivity index (χ3n) is 2.52. The second-order valence-corrected chi connectivity index (χ2v) is 6.35. The Morgan fingerprint density at radius 2 is 1.65 bits per heavy atom. The molecule has 0 saturated carbocycles. The summed E-state index contributed by atoms with van der Waals surface area (Å²) in [6.07, 6.45) is 0. The largest absolute Gasteiger partial charge is 0.334 e. The van der Waals surface area contributed by atoms with Gasteiger partial charge in [-0.3, -0.25) is 4.79 Å². The number of benzene rings is 2. The zero-order chi connectivity index (χ0) is 14.8. The standard InChI is InChI=1S/C13H9FINO3S/c14-20(18,19)12-8-4-3-7-11(12)16-13(17)9-5-1-2-6-10(9)15/h1-8H,(H,16,17). The van der Waals surface area contributed by atoms with Crippen LogP contribution in [0.2, 0.25) is 0 Å². The Morgan fingerprint density at radius 1 is 1.05 bits per heavy atom. The van der Waals surface area contributed by atoms with Gasteiger partial charge in [0.1, 0.15) is 4.90 Å². The Labute approximate surface area is 129 Å². The van der Waals surface area contributed by atoms with E-state index in [9.17, 15) is 17.1 Å². The predicted molar refractivity (Wildman–Crippen MR) is 81.8 cm³/mol. The van der Waals surface area contributed by atoms with E-state index < -0.39 is 21.0 Å². The first-order chi connectivity index (χ1) is 9.39. The maximum Gasteiger partial charge on any atom is 0.334 e. The van der Waals surface area contributed by atoms with Crippen molar-refractivity contribution in [2.24, 2.45) is 0 Å². The average molecular weight is 405 g/mol. The van der Waals surface area contributed by atoms with Gasteiger partial charge in [0, 0.05) is 3.57 Å². The van der Waals surface area contributed by atoms with E-state index in [1.54, 1.807) is 24.3 Å². The molecule has 2 aromatic carbocycles. The van der Waals surface area contributed by atoms with Gasteiger partial charge in [0.2, 0.25) is 0 Å². The summed E-state index contributed by atoms with van der Waals surface area (Å²) in [5, 5.41) is 2.41. The van der Waals surface area contributed by atoms with Gasteiger partial charge in [-0.1, -0.05) is 24.3 Å². The van der Waals surface area contributed by atoms with E-state index in [0.717, 1.165) is 6.07 Å². The highest BCUT2D eigenvalue weighted by Gasteiger charge is 2.19. The van der Waals surface area contributed by atoms with Gasteiger partial charge >= 0.3 is 10.2 Å². The topological polar surface area (TPSA) is 63.2 Å². The van der Waals surface area contributed by atoms with Gasteiger partial charge in [0.05, 0.1) is 11.3 Å². The maximum atomic E-state index is 13.1. The number of halogens is 2. The Morgan fingerprint density at radius 3 is 2.30 bits per heavy atom. The normalized spacial score (nSPS) is 11.1. The molecule has 4 nitrogen and oxygen atoms in total. The molecule has 0 aliphatic carbocycles. The maximum absolute atomic E-state index is 13.1. The van der Waals surface area contributed by atoms with E-state index in [1.807, 2.05) is 22.6 Å². The van der Waals surface area contributed by atoms with Crippen LogP contribution < -0.4 is 5.32 Å². The highest BCUT2D eigenvalue weighted by Crippen LogP contribution is 2.23. The number of hydrogen-bond donors (Lipinski definition) is 1. The highest BCUT2D eigenvalue weighted by molar-refractivity contribution is 14.1. The van der Waals surface area contributed by atoms with E-state index in [0.29, 0.717) is 9.13 Å². The number of nitrogens with one attached hydrogen (secondary N) is 1. The molecule has 0 aliphatic rings. The van der Waals surface area contributed by atoms with Crippen molar-refractivity contribution in [2.45, 2.75) is 4.90 Å². The van der Waals surface area contributed by atoms with Crippen LogP contribution in [0, 0.1) is 3.57 Å². The minimum Gasteiger partial charge on any atom is -0.321 e. The molecular formula is C13H9FINO3S. The first-order valence-electron chi connectivity index (χ1n) is 5.49. The third kappa shape index (κ3) is 3.34. The lowest BCUT2D eigenvalue weighted by Crippen LogP contribution is -2.15. The first kappa shape index (κ1) is 14.9. The Hall–Kier alpha value is -1.48. The van der Waals surface area contributed by atoms with Crippen LogP contribution in [0.5, 0.6) is 0 Å². The van der Waals surface area contributed by atoms with Crippen molar-refractivity contribution in [3.8, 4) is 0 Å². The predicted octanol–water partition coefficient (Wildman–Crippen LogP) is 3.20. The van der Waals surface area contributed by atoms with Crippen molar-refractivity contribution in [3.63, 3.8) is 0 Å². The summed E-state index contributed by atoms with van der Waals surface area (Å²) < 4.78 is 35.9. The van der Waals surface area contributed by atoms with Crippen LogP contribution >= 0.6 is 22.6 Å². The fourth-order valence-corrected chi connectivity index (χ4v) is 2.87. The van der Waals surface area contributed by atoms with E-state index in [1.165, 1.54) is 18.2 Å². The van der Waals surface area contributed by atoms with Gasteiger partial charge in [-0.15, -0.1) is 3.89 Å². The molecule has 0 aliphatic heterocycles. The van der Waals surface area contributed by atoms with E-state index in [-0.39, 0.29) is 5.69 Å². The summed E-state index contributed by atoms with van der Waals surface area (Å²) in [7, 11) is -4.89. The number of anilines is 1. The van der Waals surface area contributed by atoms with E-state index in [4.69, 9.17) is 0 Å². The van der Waals surface area contributed by atoms with Crippen molar-refractivity contribution in [3.05, 3.63) is 57.7 Å². The number of carbonyl (C=O) groups excluding carboxylic acids is 1. The van der Waals surface area contributed by atoms with E-state index in [2.05, 4.69) is 5.32 Å². The minimum atomic E-state index is -4.89. The Kier molecular flexibility index (Phi) is 4.39. The smallest absolute Gasteiger partial charge is 0.321 e. The molecular weight excluding hydrogens is 396 g/mol. The number of carbonyl (C=O) groups is 1. The van der Waals surface area contributed by atoms with Crippen molar-refractivity contribution >= 4 is 44.4 Å². The lowest BCUT2D eigenvalue weighted by molar-refractivity contribution is 0.102. The fourth-order valence-electron chi connectivity index (χ4n) is 1.62. The van der Waals surface area contributed by atoms with Crippen molar-refractivity contribution in [2.75, 3.05) is 5.32 Å². The molecule has 0 fully saturated rings. The SMILES string of the molecule is O=C(Nc1ccccc1S(=O)(=O)F)c1ccccc1I. The lowest BCUT2D eigenvalue weighted by Gasteiger charge is -2.09. The van der Waals surface area contributed by atoms with Crippen LogP contribution in [0.1, 0.15) is 10.4 Å². The van der Waals surface area contributed by atoms with Gasteiger partial charge < -0.3 is 5.32 Å². The van der Waals surface area contributed by atoms with Crippen LogP contribution in [-0.4, -0.2) is 14.3 Å². The van der Waals surface area contributed by atoms with Gasteiger partial charge in [-0.25, -0.2) is 0 Å². The second-order valence-electron chi connectivity index (χ2n) is 3.87. The number of hydrogen-bond acceptors (Lipinski definition) is 3. The molecule has 0 saturated heterocycles. The summed E-state index contributed by atoms with van der Waals surface area (Å²) in [5.74, 6) is -0.494. The molecule has 0 heterocycles. The Bertz CT molecular complexity index is 762. The molecule has 0 aromatic heterocycles. The molecule has 0 bridgehead atoms. The minimum absolute atomic E-state index is 0.0837. The molecule has 1 amide bonds. The molecule has 104 valence electrons. The van der Waals surface area contributed by atoms with Gasteiger partial charge in [0.25, 0.3) is 5.91 Å². The summed E-state index contributed by atoms with van der Waals surface area (Å²) in [6, 6.07) is 12.1. The average Bonchev–Trinajstić information content (AvgIpc) is 2.38. The molecule has 1 N–H and O–H groups in total. The highest BCUT2D eigenvalue weighted by atomic mass is 127. The molecule has 2 aromatic rings. The summed E-state index contributed by atoms with van der Waals surface area (Å²) in [5.41, 5.74) is 0.304. The Balaban J connectivity index is 2.37. The van der Waals surface area contributed by atoms with Crippen LogP contribution in [0.15, 0.2) is 53.4 Å². The lowest BCUT2D eigenvalue weighted by atomic mass is 10.2. The van der Waals surface area contributed by atoms with Crippen LogP contribution in [0.25, 0.3) is 0 Å². The summed E-state index contributed by atoms with van der Waals surface area (Å²) >= 11 is 1.99. The van der Waals surface area contributed by atoms with Gasteiger partial charge in [-0.2, -0.15) is 8.42 Å². The number of amides is 1. The summed E-state index contributed by atoms with van der Waals surface area (Å²) in [6.45, 7) is 0. The molecule has 0 unspecified atom stereocenters. The van der Waals surface area contributed by atoms with Crippen molar-refractivity contribution < 1.29 is 17.1 Å². The molecule has 7 heteroatoms. The molecule has 20 heavy (non-hydrogen) atoms. The van der Waals surface area contributed by atoms with Gasteiger partial charge in [-0.05, 0) is 46.9 Å². The molecule has 2 rings (SSSR count). The first-order valence-corrected chi connectivity index (χ1v) is 7.95. The van der Waals surface area contributed by atoms with Crippen LogP contribution in [-0.2, 0) is 10.2 Å². The van der Waals surface area contributed by atoms with Crippen LogP contribution in [0.4, 0.5) is 9.57 Å². The number of para-hydroxylation sites is 1. The molecule has 0 atom stereocenters. The van der Waals surface area contributed by atoms with Crippen molar-refractivity contribution in [1.29, 1.82) is 0 Å². The molecule has 0 radical (unpaired) electrons. The third-order valence-corrected chi connectivity index (χ3v) is 4.34. The molecule has 0 spiro atoms. The van der Waals surface area contributed by atoms with Crippen molar-refractivity contribution in [1.82, 2.24) is 0 Å². The second kappa shape index (κ2) is 5.88. The zero-order valence-electron chi connectivity index (χ0n) is 10.0. The van der Waals surface area contributed by atoms with Gasteiger partial charge in [0.15, 0.2) is 0 Å². The van der Waals surface area contributed by atoms with Crippen LogP contribution in [0.3, 0.4) is 0 Å². The zero-order valence-corrected chi connectivity index (χ0v) is 13.0. The van der Waals surface area contributed by atoms with E-state index >= 15 is 0 Å².